The number of nitrogens with zero attached hydrogens (tertiary/aromatic N) is 3. The summed E-state index contributed by atoms with van der Waals surface area (Å²) in [5, 5.41) is 11.3. The van der Waals surface area contributed by atoms with E-state index in [1.54, 1.807) is 6.07 Å². The molecule has 0 saturated heterocycles. The summed E-state index contributed by atoms with van der Waals surface area (Å²) in [7, 11) is 0. The van der Waals surface area contributed by atoms with Gasteiger partial charge in [-0.2, -0.15) is 0 Å². The summed E-state index contributed by atoms with van der Waals surface area (Å²) in [6.45, 7) is 0.715. The van der Waals surface area contributed by atoms with Gasteiger partial charge >= 0.3 is 5.97 Å². The van der Waals surface area contributed by atoms with E-state index in [1.165, 1.54) is 10.5 Å². The third-order valence-electron chi connectivity index (χ3n) is 5.58. The van der Waals surface area contributed by atoms with Crippen LogP contribution in [0.15, 0.2) is 53.6 Å². The van der Waals surface area contributed by atoms with Gasteiger partial charge in [0.25, 0.3) is 0 Å². The number of anilines is 1. The van der Waals surface area contributed by atoms with Gasteiger partial charge in [0.15, 0.2) is 0 Å². The van der Waals surface area contributed by atoms with Crippen LogP contribution in [-0.4, -0.2) is 31.4 Å². The number of hydrogen-bond acceptors (Lipinski definition) is 5. The number of hydrogen-bond donors (Lipinski definition) is 2. The summed E-state index contributed by atoms with van der Waals surface area (Å²) >= 11 is 14.1. The Bertz CT molecular complexity index is 1350. The smallest absolute Gasteiger partial charge is 0.307 e. The van der Waals surface area contributed by atoms with Crippen LogP contribution in [0.2, 0.25) is 10.2 Å². The van der Waals surface area contributed by atoms with Gasteiger partial charge in [0.2, 0.25) is 5.95 Å². The largest absolute Gasteiger partial charge is 0.481 e. The average Bonchev–Trinajstić information content (AvgIpc) is 3.28. The third-order valence-corrected chi connectivity index (χ3v) is 7.26. The van der Waals surface area contributed by atoms with E-state index in [4.69, 9.17) is 28.9 Å². The normalized spacial score (nSPS) is 15.2. The number of halogens is 2. The SMILES string of the molecule is Nc1nc(Cl)cc(-c2ccc3c(CC(=O)O)cn(CC4CSc5ccc(Cl)cc54)c3c2)n1. The molecule has 0 radical (unpaired) electrons. The van der Waals surface area contributed by atoms with Gasteiger partial charge in [-0.25, -0.2) is 9.97 Å². The molecule has 4 aromatic rings. The summed E-state index contributed by atoms with van der Waals surface area (Å²) in [6, 6.07) is 13.5. The summed E-state index contributed by atoms with van der Waals surface area (Å²) in [5.74, 6) is 0.458. The van der Waals surface area contributed by atoms with Gasteiger partial charge in [-0.1, -0.05) is 35.3 Å². The zero-order valence-corrected chi connectivity index (χ0v) is 19.1. The number of carboxylic acids is 1. The summed E-state index contributed by atoms with van der Waals surface area (Å²) < 4.78 is 2.13. The molecule has 0 spiro atoms. The van der Waals surface area contributed by atoms with Crippen LogP contribution in [-0.2, 0) is 17.8 Å². The number of aliphatic carboxylic acids is 1. The van der Waals surface area contributed by atoms with Gasteiger partial charge in [0.1, 0.15) is 5.15 Å². The predicted molar refractivity (Wildman–Crippen MR) is 129 cm³/mol. The van der Waals surface area contributed by atoms with Crippen LogP contribution in [0.3, 0.4) is 0 Å². The van der Waals surface area contributed by atoms with E-state index in [2.05, 4.69) is 20.6 Å². The second kappa shape index (κ2) is 8.31. The zero-order chi connectivity index (χ0) is 22.4. The molecule has 1 aliphatic rings. The number of rotatable bonds is 5. The lowest BCUT2D eigenvalue weighted by atomic mass is 10.0. The summed E-state index contributed by atoms with van der Waals surface area (Å²) in [4.78, 5) is 20.9. The maximum atomic E-state index is 11.5. The fourth-order valence-corrected chi connectivity index (χ4v) is 5.80. The minimum atomic E-state index is -0.864. The van der Waals surface area contributed by atoms with E-state index in [0.717, 1.165) is 32.8 Å². The fraction of sp³-hybridized carbons (Fsp3) is 0.174. The Kier molecular flexibility index (Phi) is 5.49. The molecular weight excluding hydrogens is 467 g/mol. The van der Waals surface area contributed by atoms with Crippen LogP contribution in [0.1, 0.15) is 17.0 Å². The first-order valence-corrected chi connectivity index (χ1v) is 11.7. The fourth-order valence-electron chi connectivity index (χ4n) is 4.20. The van der Waals surface area contributed by atoms with E-state index in [1.807, 2.05) is 48.3 Å². The number of nitrogens with two attached hydrogens (primary N) is 1. The molecule has 0 saturated carbocycles. The van der Waals surface area contributed by atoms with Crippen molar-refractivity contribution in [3.63, 3.8) is 0 Å². The van der Waals surface area contributed by atoms with Crippen molar-refractivity contribution in [3.05, 3.63) is 70.0 Å². The van der Waals surface area contributed by atoms with Crippen LogP contribution in [0.5, 0.6) is 0 Å². The molecule has 2 aromatic carbocycles. The maximum Gasteiger partial charge on any atom is 0.307 e. The Balaban J connectivity index is 1.60. The molecule has 1 atom stereocenters. The maximum absolute atomic E-state index is 11.5. The lowest BCUT2D eigenvalue weighted by molar-refractivity contribution is -0.136. The highest BCUT2D eigenvalue weighted by Crippen LogP contribution is 2.42. The summed E-state index contributed by atoms with van der Waals surface area (Å²) in [5.41, 5.74) is 10.2. The van der Waals surface area contributed by atoms with Crippen molar-refractivity contribution in [1.29, 1.82) is 0 Å². The van der Waals surface area contributed by atoms with Crippen molar-refractivity contribution < 1.29 is 9.90 Å². The lowest BCUT2D eigenvalue weighted by Gasteiger charge is -2.14. The van der Waals surface area contributed by atoms with E-state index in [0.29, 0.717) is 12.2 Å². The second-order valence-corrected chi connectivity index (χ2v) is 9.62. The van der Waals surface area contributed by atoms with E-state index in [9.17, 15) is 9.90 Å². The Hall–Kier alpha value is -2.74. The minimum absolute atomic E-state index is 0.0447. The van der Waals surface area contributed by atoms with Crippen molar-refractivity contribution in [1.82, 2.24) is 14.5 Å². The highest BCUT2D eigenvalue weighted by molar-refractivity contribution is 7.99. The van der Waals surface area contributed by atoms with Crippen LogP contribution in [0.25, 0.3) is 22.2 Å². The molecule has 0 bridgehead atoms. The second-order valence-electron chi connectivity index (χ2n) is 7.73. The van der Waals surface area contributed by atoms with Gasteiger partial charge in [-0.3, -0.25) is 4.79 Å². The molecule has 0 amide bonds. The van der Waals surface area contributed by atoms with Crippen molar-refractivity contribution in [3.8, 4) is 11.3 Å². The first kappa shape index (κ1) is 21.1. The van der Waals surface area contributed by atoms with Crippen LogP contribution >= 0.6 is 35.0 Å². The molecule has 5 rings (SSSR count). The van der Waals surface area contributed by atoms with Crippen molar-refractivity contribution in [2.24, 2.45) is 0 Å². The Labute approximate surface area is 198 Å². The van der Waals surface area contributed by atoms with Crippen LogP contribution in [0, 0.1) is 0 Å². The van der Waals surface area contributed by atoms with Crippen molar-refractivity contribution >= 4 is 57.8 Å². The van der Waals surface area contributed by atoms with Crippen LogP contribution in [0.4, 0.5) is 5.95 Å². The molecule has 2 aromatic heterocycles. The number of nitrogen functional groups attached to an aromatic ring is 1. The number of benzene rings is 2. The number of fused-ring (bicyclic) bond motifs is 2. The Morgan fingerprint density at radius 2 is 2.03 bits per heavy atom. The van der Waals surface area contributed by atoms with Crippen LogP contribution < -0.4 is 5.73 Å². The third kappa shape index (κ3) is 4.03. The molecule has 3 N–H and O–H groups in total. The molecule has 1 aliphatic heterocycles. The molecule has 1 unspecified atom stereocenters. The highest BCUT2D eigenvalue weighted by atomic mass is 35.5. The topological polar surface area (TPSA) is 94.0 Å². The number of thioether (sulfide) groups is 1. The molecule has 0 fully saturated rings. The van der Waals surface area contributed by atoms with Crippen molar-refractivity contribution in [2.45, 2.75) is 23.8 Å². The number of carboxylic acid groups (broad SMARTS) is 1. The molecule has 0 aliphatic carbocycles. The molecule has 6 nitrogen and oxygen atoms in total. The quantitative estimate of drug-likeness (QED) is 0.363. The van der Waals surface area contributed by atoms with Gasteiger partial charge < -0.3 is 15.4 Å². The van der Waals surface area contributed by atoms with E-state index >= 15 is 0 Å². The van der Waals surface area contributed by atoms with Gasteiger partial charge in [-0.05, 0) is 35.4 Å². The predicted octanol–water partition coefficient (Wildman–Crippen LogP) is 5.50. The van der Waals surface area contributed by atoms with E-state index < -0.39 is 5.97 Å². The van der Waals surface area contributed by atoms with Gasteiger partial charge in [-0.15, -0.1) is 11.8 Å². The van der Waals surface area contributed by atoms with Gasteiger partial charge in [0.05, 0.1) is 12.1 Å². The molecule has 9 heteroatoms. The summed E-state index contributed by atoms with van der Waals surface area (Å²) in [6.07, 6.45) is 1.90. The van der Waals surface area contributed by atoms with E-state index in [-0.39, 0.29) is 23.4 Å². The Morgan fingerprint density at radius 1 is 1.19 bits per heavy atom. The molecular formula is C23H18Cl2N4O2S. The van der Waals surface area contributed by atoms with Gasteiger partial charge in [0, 0.05) is 56.9 Å². The molecule has 32 heavy (non-hydrogen) atoms. The monoisotopic (exact) mass is 484 g/mol. The zero-order valence-electron chi connectivity index (χ0n) is 16.8. The number of aromatic nitrogens is 3. The minimum Gasteiger partial charge on any atom is -0.481 e. The average molecular weight is 485 g/mol. The standard InChI is InChI=1S/C23H18Cl2N4O2S/c24-15-2-4-20-17(7-15)14(11-32-20)10-29-9-13(6-22(30)31)16-3-1-12(5-19(16)29)18-8-21(25)28-23(26)27-18/h1-5,7-9,14H,6,10-11H2,(H,30,31)(H2,26,27,28). The molecule has 162 valence electrons. The van der Waals surface area contributed by atoms with Crippen molar-refractivity contribution in [2.75, 3.05) is 11.5 Å². The molecule has 3 heterocycles. The first-order chi connectivity index (χ1) is 15.4. The highest BCUT2D eigenvalue weighted by Gasteiger charge is 2.25. The number of carbonyl (C=O) groups is 1. The Morgan fingerprint density at radius 3 is 2.81 bits per heavy atom. The first-order valence-electron chi connectivity index (χ1n) is 9.93. The lowest BCUT2D eigenvalue weighted by Crippen LogP contribution is -2.08.